The Morgan fingerprint density at radius 3 is 2.32 bits per heavy atom. The number of hydrogen-bond donors (Lipinski definition) is 0. The van der Waals surface area contributed by atoms with E-state index in [-0.39, 0.29) is 5.91 Å². The third kappa shape index (κ3) is 4.69. The van der Waals surface area contributed by atoms with Crippen molar-refractivity contribution in [2.75, 3.05) is 26.2 Å². The molecule has 1 fully saturated rings. The highest BCUT2D eigenvalue weighted by atomic mass is 19.4. The van der Waals surface area contributed by atoms with Crippen LogP contribution in [0.4, 0.5) is 17.6 Å². The summed E-state index contributed by atoms with van der Waals surface area (Å²) in [6.45, 7) is 4.53. The summed E-state index contributed by atoms with van der Waals surface area (Å²) < 4.78 is 51.7. The van der Waals surface area contributed by atoms with Gasteiger partial charge in [-0.25, -0.2) is 4.39 Å². The molecule has 1 saturated heterocycles. The number of fused-ring (bicyclic) bond motifs is 1. The van der Waals surface area contributed by atoms with Gasteiger partial charge in [-0.15, -0.1) is 0 Å². The zero-order valence-corrected chi connectivity index (χ0v) is 16.9. The van der Waals surface area contributed by atoms with Crippen molar-refractivity contribution < 1.29 is 22.4 Å². The number of piperazine rings is 1. The largest absolute Gasteiger partial charge is 0.416 e. The molecule has 1 aliphatic rings. The van der Waals surface area contributed by atoms with Crippen LogP contribution < -0.4 is 0 Å². The van der Waals surface area contributed by atoms with Crippen molar-refractivity contribution in [3.63, 3.8) is 0 Å². The minimum atomic E-state index is -4.34. The summed E-state index contributed by atoms with van der Waals surface area (Å²) >= 11 is 0. The van der Waals surface area contributed by atoms with E-state index in [1.54, 1.807) is 24.0 Å². The molecule has 0 spiro atoms. The molecule has 0 aliphatic carbocycles. The summed E-state index contributed by atoms with van der Waals surface area (Å²) in [5.41, 5.74) is 1.72. The lowest BCUT2D eigenvalue weighted by Crippen LogP contribution is -2.48. The number of halogens is 4. The number of aryl methyl sites for hydroxylation is 1. The number of hydrogen-bond acceptors (Lipinski definition) is 3. The van der Waals surface area contributed by atoms with Gasteiger partial charge in [-0.3, -0.25) is 14.7 Å². The Bertz CT molecular complexity index is 1100. The number of aromatic nitrogens is 1. The third-order valence-electron chi connectivity index (χ3n) is 5.48. The Balaban J connectivity index is 1.42. The predicted molar refractivity (Wildman–Crippen MR) is 109 cm³/mol. The lowest BCUT2D eigenvalue weighted by atomic mass is 10.1. The number of pyridine rings is 1. The summed E-state index contributed by atoms with van der Waals surface area (Å²) in [6.07, 6.45) is -4.34. The van der Waals surface area contributed by atoms with E-state index in [0.29, 0.717) is 54.9 Å². The fourth-order valence-corrected chi connectivity index (χ4v) is 3.85. The van der Waals surface area contributed by atoms with Gasteiger partial charge in [0.1, 0.15) is 5.82 Å². The van der Waals surface area contributed by atoms with Gasteiger partial charge in [0, 0.05) is 49.9 Å². The highest BCUT2D eigenvalue weighted by molar-refractivity contribution is 6.06. The van der Waals surface area contributed by atoms with Gasteiger partial charge in [-0.1, -0.05) is 12.1 Å². The van der Waals surface area contributed by atoms with Crippen LogP contribution in [0.25, 0.3) is 10.9 Å². The summed E-state index contributed by atoms with van der Waals surface area (Å²) in [7, 11) is 0. The fraction of sp³-hybridized carbons (Fsp3) is 0.304. The van der Waals surface area contributed by atoms with Crippen molar-refractivity contribution in [2.24, 2.45) is 0 Å². The van der Waals surface area contributed by atoms with Crippen molar-refractivity contribution in [3.05, 3.63) is 76.7 Å². The molecule has 0 unspecified atom stereocenters. The van der Waals surface area contributed by atoms with Crippen LogP contribution in [0.3, 0.4) is 0 Å². The molecule has 31 heavy (non-hydrogen) atoms. The van der Waals surface area contributed by atoms with Crippen molar-refractivity contribution >= 4 is 16.8 Å². The van der Waals surface area contributed by atoms with Crippen molar-refractivity contribution in [3.8, 4) is 0 Å². The van der Waals surface area contributed by atoms with Crippen LogP contribution >= 0.6 is 0 Å². The molecule has 0 bridgehead atoms. The second kappa shape index (κ2) is 8.26. The van der Waals surface area contributed by atoms with Gasteiger partial charge in [0.05, 0.1) is 16.6 Å². The van der Waals surface area contributed by atoms with Gasteiger partial charge in [0.2, 0.25) is 0 Å². The van der Waals surface area contributed by atoms with Crippen LogP contribution in [-0.4, -0.2) is 46.9 Å². The number of alkyl halides is 3. The zero-order chi connectivity index (χ0) is 22.2. The van der Waals surface area contributed by atoms with Gasteiger partial charge < -0.3 is 4.90 Å². The third-order valence-corrected chi connectivity index (χ3v) is 5.48. The number of nitrogens with zero attached hydrogens (tertiary/aromatic N) is 3. The Hall–Kier alpha value is -3.00. The Morgan fingerprint density at radius 2 is 1.68 bits per heavy atom. The first-order valence-corrected chi connectivity index (χ1v) is 9.95. The van der Waals surface area contributed by atoms with Gasteiger partial charge in [-0.2, -0.15) is 13.2 Å². The maximum atomic E-state index is 13.6. The molecule has 4 rings (SSSR count). The molecule has 3 aromatic rings. The molecular weight excluding hydrogens is 410 g/mol. The number of carbonyl (C=O) groups excluding carboxylic acids is 1. The van der Waals surface area contributed by atoms with Crippen LogP contribution in [0.15, 0.2) is 48.5 Å². The SMILES string of the molecule is Cc1cc(C(=O)N2CCN(Cc3ccc(C(F)(F)F)cc3)CC2)c2ccc(F)cc2n1. The monoisotopic (exact) mass is 431 g/mol. The lowest BCUT2D eigenvalue weighted by Gasteiger charge is -2.35. The zero-order valence-electron chi connectivity index (χ0n) is 16.9. The van der Waals surface area contributed by atoms with E-state index in [4.69, 9.17) is 0 Å². The fourth-order valence-electron chi connectivity index (χ4n) is 3.85. The highest BCUT2D eigenvalue weighted by Gasteiger charge is 2.30. The van der Waals surface area contributed by atoms with E-state index < -0.39 is 17.6 Å². The molecule has 1 amide bonds. The minimum absolute atomic E-state index is 0.128. The molecule has 0 N–H and O–H groups in total. The molecule has 4 nitrogen and oxygen atoms in total. The number of amides is 1. The topological polar surface area (TPSA) is 36.4 Å². The molecule has 8 heteroatoms. The Morgan fingerprint density at radius 1 is 1.00 bits per heavy atom. The predicted octanol–water partition coefficient (Wildman–Crippen LogP) is 4.66. The van der Waals surface area contributed by atoms with Crippen LogP contribution in [-0.2, 0) is 12.7 Å². The highest BCUT2D eigenvalue weighted by Crippen LogP contribution is 2.29. The number of benzene rings is 2. The van der Waals surface area contributed by atoms with E-state index in [0.717, 1.165) is 17.7 Å². The number of rotatable bonds is 3. The second-order valence-electron chi connectivity index (χ2n) is 7.74. The molecular formula is C23H21F4N3O. The first kappa shape index (κ1) is 21.2. The van der Waals surface area contributed by atoms with Gasteiger partial charge in [-0.05, 0) is 42.8 Å². The van der Waals surface area contributed by atoms with Crippen LogP contribution in [0, 0.1) is 12.7 Å². The molecule has 1 aromatic heterocycles. The smallest absolute Gasteiger partial charge is 0.336 e. The van der Waals surface area contributed by atoms with Gasteiger partial charge >= 0.3 is 6.18 Å². The van der Waals surface area contributed by atoms with E-state index in [1.165, 1.54) is 24.3 Å². The molecule has 0 atom stereocenters. The van der Waals surface area contributed by atoms with Gasteiger partial charge in [0.15, 0.2) is 0 Å². The molecule has 162 valence electrons. The first-order valence-electron chi connectivity index (χ1n) is 9.95. The molecule has 0 radical (unpaired) electrons. The Kier molecular flexibility index (Phi) is 5.66. The van der Waals surface area contributed by atoms with Crippen LogP contribution in [0.2, 0.25) is 0 Å². The molecule has 2 heterocycles. The normalized spacial score (nSPS) is 15.5. The Labute approximate surface area is 177 Å². The van der Waals surface area contributed by atoms with Crippen molar-refractivity contribution in [1.29, 1.82) is 0 Å². The maximum absolute atomic E-state index is 13.6. The summed E-state index contributed by atoms with van der Waals surface area (Å²) in [5.74, 6) is -0.530. The average molecular weight is 431 g/mol. The summed E-state index contributed by atoms with van der Waals surface area (Å²) in [5, 5.41) is 0.615. The summed E-state index contributed by atoms with van der Waals surface area (Å²) in [6, 6.07) is 11.1. The average Bonchev–Trinajstić information content (AvgIpc) is 2.72. The molecule has 1 aliphatic heterocycles. The van der Waals surface area contributed by atoms with E-state index >= 15 is 0 Å². The van der Waals surface area contributed by atoms with Crippen molar-refractivity contribution in [1.82, 2.24) is 14.8 Å². The quantitative estimate of drug-likeness (QED) is 0.566. The second-order valence-corrected chi connectivity index (χ2v) is 7.74. The van der Waals surface area contributed by atoms with E-state index in [2.05, 4.69) is 9.88 Å². The lowest BCUT2D eigenvalue weighted by molar-refractivity contribution is -0.137. The minimum Gasteiger partial charge on any atom is -0.336 e. The van der Waals surface area contributed by atoms with E-state index in [1.807, 2.05) is 0 Å². The molecule has 2 aromatic carbocycles. The summed E-state index contributed by atoms with van der Waals surface area (Å²) in [4.78, 5) is 21.3. The maximum Gasteiger partial charge on any atom is 0.416 e. The van der Waals surface area contributed by atoms with Crippen LogP contribution in [0.1, 0.15) is 27.2 Å². The van der Waals surface area contributed by atoms with E-state index in [9.17, 15) is 22.4 Å². The molecule has 0 saturated carbocycles. The van der Waals surface area contributed by atoms with Crippen molar-refractivity contribution in [2.45, 2.75) is 19.6 Å². The van der Waals surface area contributed by atoms with Gasteiger partial charge in [0.25, 0.3) is 5.91 Å². The number of carbonyl (C=O) groups is 1. The first-order chi connectivity index (χ1) is 14.7. The standard InChI is InChI=1S/C23H21F4N3O/c1-15-12-20(19-7-6-18(24)13-21(19)28-15)22(31)30-10-8-29(9-11-30)14-16-2-4-17(5-3-16)23(25,26)27/h2-7,12-13H,8-11,14H2,1H3. The van der Waals surface area contributed by atoms with Crippen LogP contribution in [0.5, 0.6) is 0 Å².